The number of rotatable bonds is 4. The summed E-state index contributed by atoms with van der Waals surface area (Å²) in [6.07, 6.45) is 5.44. The fourth-order valence-corrected chi connectivity index (χ4v) is 2.22. The Kier molecular flexibility index (Phi) is 2.44. The van der Waals surface area contributed by atoms with Crippen molar-refractivity contribution in [2.75, 3.05) is 13.2 Å². The van der Waals surface area contributed by atoms with E-state index in [0.717, 1.165) is 50.4 Å². The minimum absolute atomic E-state index is 0.00177. The molecule has 3 rings (SSSR count). The molecule has 2 heterocycles. The Morgan fingerprint density at radius 1 is 1.44 bits per heavy atom. The maximum Gasteiger partial charge on any atom is 0.234 e. The van der Waals surface area contributed by atoms with Crippen LogP contribution in [0.5, 0.6) is 0 Å². The highest BCUT2D eigenvalue weighted by Gasteiger charge is 2.48. The van der Waals surface area contributed by atoms with Crippen molar-refractivity contribution in [3.05, 3.63) is 11.7 Å². The van der Waals surface area contributed by atoms with E-state index >= 15 is 0 Å². The van der Waals surface area contributed by atoms with E-state index in [9.17, 15) is 0 Å². The molecule has 5 nitrogen and oxygen atoms in total. The molecule has 2 aliphatic rings. The second kappa shape index (κ2) is 3.82. The molecule has 1 aliphatic carbocycles. The van der Waals surface area contributed by atoms with Gasteiger partial charge in [0, 0.05) is 19.6 Å². The lowest BCUT2D eigenvalue weighted by Gasteiger charge is -2.05. The van der Waals surface area contributed by atoms with Crippen LogP contribution in [0.1, 0.15) is 37.4 Å². The summed E-state index contributed by atoms with van der Waals surface area (Å²) in [7, 11) is 0. The van der Waals surface area contributed by atoms with Crippen LogP contribution in [0.25, 0.3) is 0 Å². The SMILES string of the molecule is NCC1(c2nc(CC3CCCO3)no2)CC1. The third-order valence-corrected chi connectivity index (χ3v) is 3.60. The summed E-state index contributed by atoms with van der Waals surface area (Å²) in [5.74, 6) is 1.49. The first-order chi connectivity index (χ1) is 7.82. The van der Waals surface area contributed by atoms with Gasteiger partial charge in [-0.3, -0.25) is 0 Å². The molecule has 88 valence electrons. The van der Waals surface area contributed by atoms with Crippen molar-refractivity contribution in [3.8, 4) is 0 Å². The highest BCUT2D eigenvalue weighted by molar-refractivity contribution is 5.16. The highest BCUT2D eigenvalue weighted by atomic mass is 16.5. The van der Waals surface area contributed by atoms with Gasteiger partial charge in [0.25, 0.3) is 0 Å². The average Bonchev–Trinajstić information content (AvgIpc) is 2.74. The van der Waals surface area contributed by atoms with Gasteiger partial charge in [0.2, 0.25) is 5.89 Å². The van der Waals surface area contributed by atoms with Gasteiger partial charge in [0.1, 0.15) is 0 Å². The van der Waals surface area contributed by atoms with Crippen LogP contribution in [0, 0.1) is 0 Å². The topological polar surface area (TPSA) is 74.2 Å². The fourth-order valence-electron chi connectivity index (χ4n) is 2.22. The summed E-state index contributed by atoms with van der Waals surface area (Å²) in [6.45, 7) is 1.47. The lowest BCUT2D eigenvalue weighted by Crippen LogP contribution is -2.20. The molecule has 0 amide bonds. The lowest BCUT2D eigenvalue weighted by atomic mass is 10.1. The van der Waals surface area contributed by atoms with Crippen molar-refractivity contribution in [2.24, 2.45) is 5.73 Å². The summed E-state index contributed by atoms with van der Waals surface area (Å²) in [4.78, 5) is 4.44. The van der Waals surface area contributed by atoms with E-state index in [4.69, 9.17) is 15.0 Å². The summed E-state index contributed by atoms with van der Waals surface area (Å²) in [5, 5.41) is 4.01. The third-order valence-electron chi connectivity index (χ3n) is 3.60. The molecular weight excluding hydrogens is 206 g/mol. The second-order valence-corrected chi connectivity index (χ2v) is 4.84. The maximum atomic E-state index is 5.72. The normalized spacial score (nSPS) is 27.2. The van der Waals surface area contributed by atoms with Gasteiger partial charge in [-0.15, -0.1) is 0 Å². The molecule has 0 bridgehead atoms. The van der Waals surface area contributed by atoms with Crippen molar-refractivity contribution in [1.29, 1.82) is 0 Å². The Hall–Kier alpha value is -0.940. The minimum atomic E-state index is 0.00177. The van der Waals surface area contributed by atoms with Crippen LogP contribution in [-0.2, 0) is 16.6 Å². The number of hydrogen-bond donors (Lipinski definition) is 1. The van der Waals surface area contributed by atoms with Gasteiger partial charge < -0.3 is 15.0 Å². The van der Waals surface area contributed by atoms with Crippen molar-refractivity contribution in [3.63, 3.8) is 0 Å². The molecule has 1 saturated carbocycles. The molecule has 1 unspecified atom stereocenters. The molecule has 1 aromatic heterocycles. The molecule has 1 saturated heterocycles. The average molecular weight is 223 g/mol. The van der Waals surface area contributed by atoms with Crippen LogP contribution in [0.4, 0.5) is 0 Å². The summed E-state index contributed by atoms with van der Waals surface area (Å²) >= 11 is 0. The van der Waals surface area contributed by atoms with Gasteiger partial charge in [0.15, 0.2) is 5.82 Å². The predicted molar refractivity (Wildman–Crippen MR) is 56.9 cm³/mol. The number of nitrogens with zero attached hydrogens (tertiary/aromatic N) is 2. The Balaban J connectivity index is 1.68. The van der Waals surface area contributed by atoms with Crippen molar-refractivity contribution >= 4 is 0 Å². The standard InChI is InChI=1S/C11H17N3O2/c12-7-11(3-4-11)10-13-9(14-16-10)6-8-2-1-5-15-8/h8H,1-7,12H2. The molecule has 1 aliphatic heterocycles. The first kappa shape index (κ1) is 10.2. The van der Waals surface area contributed by atoms with Crippen molar-refractivity contribution in [1.82, 2.24) is 10.1 Å². The van der Waals surface area contributed by atoms with Crippen molar-refractivity contribution < 1.29 is 9.26 Å². The largest absolute Gasteiger partial charge is 0.378 e. The first-order valence-electron chi connectivity index (χ1n) is 5.97. The zero-order valence-electron chi connectivity index (χ0n) is 9.32. The molecule has 2 N–H and O–H groups in total. The van der Waals surface area contributed by atoms with E-state index in [1.54, 1.807) is 0 Å². The van der Waals surface area contributed by atoms with E-state index in [2.05, 4.69) is 10.1 Å². The smallest absolute Gasteiger partial charge is 0.234 e. The Morgan fingerprint density at radius 3 is 2.94 bits per heavy atom. The zero-order valence-corrected chi connectivity index (χ0v) is 9.32. The van der Waals surface area contributed by atoms with Gasteiger partial charge in [-0.05, 0) is 25.7 Å². The van der Waals surface area contributed by atoms with Crippen LogP contribution in [0.15, 0.2) is 4.52 Å². The third kappa shape index (κ3) is 1.74. The quantitative estimate of drug-likeness (QED) is 0.816. The Bertz CT molecular complexity index is 367. The monoisotopic (exact) mass is 223 g/mol. The van der Waals surface area contributed by atoms with Gasteiger partial charge in [-0.2, -0.15) is 4.98 Å². The van der Waals surface area contributed by atoms with E-state index in [1.807, 2.05) is 0 Å². The van der Waals surface area contributed by atoms with E-state index < -0.39 is 0 Å². The van der Waals surface area contributed by atoms with E-state index in [-0.39, 0.29) is 11.5 Å². The maximum absolute atomic E-state index is 5.72. The first-order valence-corrected chi connectivity index (χ1v) is 5.97. The minimum Gasteiger partial charge on any atom is -0.378 e. The van der Waals surface area contributed by atoms with Crippen LogP contribution < -0.4 is 5.73 Å². The predicted octanol–water partition coefficient (Wildman–Crippen LogP) is 0.781. The van der Waals surface area contributed by atoms with Gasteiger partial charge in [-0.1, -0.05) is 5.16 Å². The Labute approximate surface area is 94.3 Å². The molecular formula is C11H17N3O2. The van der Waals surface area contributed by atoms with Crippen LogP contribution in [0.3, 0.4) is 0 Å². The number of hydrogen-bond acceptors (Lipinski definition) is 5. The van der Waals surface area contributed by atoms with E-state index in [0.29, 0.717) is 6.54 Å². The van der Waals surface area contributed by atoms with Gasteiger partial charge in [0.05, 0.1) is 11.5 Å². The molecule has 1 aromatic rings. The molecule has 0 aromatic carbocycles. The summed E-state index contributed by atoms with van der Waals surface area (Å²) in [5.41, 5.74) is 5.72. The van der Waals surface area contributed by atoms with Crippen LogP contribution in [-0.4, -0.2) is 29.4 Å². The second-order valence-electron chi connectivity index (χ2n) is 4.84. The van der Waals surface area contributed by atoms with Crippen molar-refractivity contribution in [2.45, 2.75) is 43.6 Å². The zero-order chi connectivity index (χ0) is 11.0. The molecule has 1 atom stereocenters. The van der Waals surface area contributed by atoms with Gasteiger partial charge in [-0.25, -0.2) is 0 Å². The lowest BCUT2D eigenvalue weighted by molar-refractivity contribution is 0.109. The summed E-state index contributed by atoms with van der Waals surface area (Å²) in [6, 6.07) is 0. The molecule has 16 heavy (non-hydrogen) atoms. The van der Waals surface area contributed by atoms with Gasteiger partial charge >= 0.3 is 0 Å². The fraction of sp³-hybridized carbons (Fsp3) is 0.818. The number of aromatic nitrogens is 2. The molecule has 0 spiro atoms. The summed E-state index contributed by atoms with van der Waals surface area (Å²) < 4.78 is 10.8. The van der Waals surface area contributed by atoms with Crippen LogP contribution in [0.2, 0.25) is 0 Å². The molecule has 0 radical (unpaired) electrons. The highest BCUT2D eigenvalue weighted by Crippen LogP contribution is 2.46. The Morgan fingerprint density at radius 2 is 2.31 bits per heavy atom. The number of nitrogens with two attached hydrogens (primary N) is 1. The molecule has 2 fully saturated rings. The number of ether oxygens (including phenoxy) is 1. The molecule has 5 heteroatoms. The van der Waals surface area contributed by atoms with E-state index in [1.165, 1.54) is 0 Å². The van der Waals surface area contributed by atoms with Crippen LogP contribution >= 0.6 is 0 Å².